The normalized spacial score (nSPS) is 17.5. The van der Waals surface area contributed by atoms with Crippen molar-refractivity contribution < 1.29 is 48.6 Å². The van der Waals surface area contributed by atoms with E-state index in [9.17, 15) is 39.6 Å². The fourth-order valence-corrected chi connectivity index (χ4v) is 3.15. The first kappa shape index (κ1) is 28.1. The van der Waals surface area contributed by atoms with Gasteiger partial charge >= 0.3 is 0 Å². The number of aliphatic hydroxyl groups excluding tert-OH is 2. The van der Waals surface area contributed by atoms with Crippen LogP contribution in [0.25, 0.3) is 0 Å². The largest absolute Gasteiger partial charge is 0.549 e. The van der Waals surface area contributed by atoms with Crippen molar-refractivity contribution in [3.8, 4) is 0 Å². The second-order valence-corrected chi connectivity index (χ2v) is 10.1. The van der Waals surface area contributed by atoms with Crippen LogP contribution >= 0.6 is 0 Å². The van der Waals surface area contributed by atoms with E-state index in [1.165, 1.54) is 0 Å². The molecule has 0 aromatic heterocycles. The van der Waals surface area contributed by atoms with Gasteiger partial charge in [0, 0.05) is 12.8 Å². The highest BCUT2D eigenvalue weighted by molar-refractivity contribution is 6.03. The number of carboxylic acids is 2. The van der Waals surface area contributed by atoms with E-state index >= 15 is 0 Å². The summed E-state index contributed by atoms with van der Waals surface area (Å²) >= 11 is 0. The molecule has 0 aromatic carbocycles. The quantitative estimate of drug-likeness (QED) is 0.212. The molecular weight excluding hydrogens is 396 g/mol. The van der Waals surface area contributed by atoms with Crippen molar-refractivity contribution in [3.63, 3.8) is 0 Å². The molecular formula is C20H36N2O8. The van der Waals surface area contributed by atoms with Crippen LogP contribution in [0, 0.1) is 11.3 Å². The van der Waals surface area contributed by atoms with Gasteiger partial charge in [-0.25, -0.2) is 0 Å². The lowest BCUT2D eigenvalue weighted by Gasteiger charge is -2.37. The Balaban J connectivity index is 5.16. The number of quaternary nitrogens is 2. The van der Waals surface area contributed by atoms with Crippen LogP contribution in [0.3, 0.4) is 0 Å². The highest BCUT2D eigenvalue weighted by Crippen LogP contribution is 2.27. The summed E-state index contributed by atoms with van der Waals surface area (Å²) in [5.41, 5.74) is -2.16. The Labute approximate surface area is 177 Å². The molecule has 174 valence electrons. The molecule has 4 unspecified atom stereocenters. The minimum absolute atomic E-state index is 0.00329. The van der Waals surface area contributed by atoms with Gasteiger partial charge < -0.3 is 39.0 Å². The number of nitrogens with zero attached hydrogens (tertiary/aromatic N) is 2. The number of carbonyl (C=O) groups excluding carboxylic acids is 4. The average molecular weight is 433 g/mol. The SMILES string of the molecule is CC(C(=O)[O-])(C(=O)CCCC(=O)C(C(=O)[O-])C(O)C[N+](C)(C)C)C(O)C[N+](C)(C)C. The molecule has 0 spiro atoms. The van der Waals surface area contributed by atoms with Gasteiger partial charge in [0.2, 0.25) is 0 Å². The zero-order chi connectivity index (χ0) is 24.1. The summed E-state index contributed by atoms with van der Waals surface area (Å²) in [6, 6.07) is 0. The topological polar surface area (TPSA) is 155 Å². The second kappa shape index (κ2) is 10.4. The standard InChI is InChI=1S/C20H36N2O8/c1-20(19(29)30,16(26)12-22(5,6)7)15(25)10-8-9-13(23)17(18(27)28)14(24)11-21(2,3)4/h14,16-17,24,26H,8-12H2,1-7H3. The number of aliphatic carboxylic acids is 2. The first-order chi connectivity index (χ1) is 13.3. The molecule has 0 aliphatic heterocycles. The third-order valence-electron chi connectivity index (χ3n) is 4.94. The molecule has 2 N–H and O–H groups in total. The van der Waals surface area contributed by atoms with E-state index in [0.29, 0.717) is 0 Å². The lowest BCUT2D eigenvalue weighted by molar-refractivity contribution is -0.874. The van der Waals surface area contributed by atoms with E-state index in [4.69, 9.17) is 0 Å². The summed E-state index contributed by atoms with van der Waals surface area (Å²) in [5.74, 6) is -6.77. The first-order valence-electron chi connectivity index (χ1n) is 9.78. The molecule has 0 fully saturated rings. The van der Waals surface area contributed by atoms with E-state index in [1.807, 2.05) is 0 Å². The average Bonchev–Trinajstić information content (AvgIpc) is 2.49. The number of likely N-dealkylation sites (N-methyl/N-ethyl adjacent to an activating group) is 2. The molecule has 4 atom stereocenters. The van der Waals surface area contributed by atoms with Crippen LogP contribution in [-0.4, -0.2) is 110 Å². The van der Waals surface area contributed by atoms with Gasteiger partial charge in [-0.05, 0) is 13.3 Å². The predicted octanol–water partition coefficient (Wildman–Crippen LogP) is -3.45. The molecule has 0 saturated heterocycles. The number of carboxylic acid groups (broad SMARTS) is 2. The summed E-state index contributed by atoms with van der Waals surface area (Å²) in [5, 5.41) is 43.5. The molecule has 0 aliphatic carbocycles. The van der Waals surface area contributed by atoms with Gasteiger partial charge in [-0.1, -0.05) is 0 Å². The monoisotopic (exact) mass is 432 g/mol. The summed E-state index contributed by atoms with van der Waals surface area (Å²) in [7, 11) is 10.3. The highest BCUT2D eigenvalue weighted by Gasteiger charge is 2.44. The molecule has 0 heterocycles. The van der Waals surface area contributed by atoms with Gasteiger partial charge in [0.15, 0.2) is 0 Å². The lowest BCUT2D eigenvalue weighted by atomic mass is 9.77. The molecule has 30 heavy (non-hydrogen) atoms. The van der Waals surface area contributed by atoms with Gasteiger partial charge in [0.25, 0.3) is 0 Å². The number of aliphatic hydroxyl groups is 2. The van der Waals surface area contributed by atoms with E-state index in [0.717, 1.165) is 6.92 Å². The van der Waals surface area contributed by atoms with E-state index in [2.05, 4.69) is 0 Å². The molecule has 0 rings (SSSR count). The number of hydrogen-bond donors (Lipinski definition) is 2. The minimum atomic E-state index is -2.16. The number of carbonyl (C=O) groups is 4. The summed E-state index contributed by atoms with van der Waals surface area (Å²) in [6.45, 7) is 1.07. The van der Waals surface area contributed by atoms with Crippen molar-refractivity contribution in [2.45, 2.75) is 38.4 Å². The smallest absolute Gasteiger partial charge is 0.147 e. The predicted molar refractivity (Wildman–Crippen MR) is 103 cm³/mol. The van der Waals surface area contributed by atoms with E-state index < -0.39 is 47.0 Å². The summed E-state index contributed by atoms with van der Waals surface area (Å²) in [4.78, 5) is 47.8. The maximum atomic E-state index is 12.6. The number of Topliss-reactive ketones (excluding diaryl/α,β-unsaturated/α-hetero) is 2. The Kier molecular flexibility index (Phi) is 9.78. The zero-order valence-corrected chi connectivity index (χ0v) is 19.0. The Morgan fingerprint density at radius 1 is 0.867 bits per heavy atom. The maximum Gasteiger partial charge on any atom is 0.147 e. The Bertz CT molecular complexity index is 650. The molecule has 0 amide bonds. The second-order valence-electron chi connectivity index (χ2n) is 10.1. The molecule has 0 aromatic rings. The zero-order valence-electron chi connectivity index (χ0n) is 19.0. The van der Waals surface area contributed by atoms with Crippen molar-refractivity contribution >= 4 is 23.5 Å². The van der Waals surface area contributed by atoms with Gasteiger partial charge in [0.1, 0.15) is 36.9 Å². The molecule has 0 bridgehead atoms. The van der Waals surface area contributed by atoms with Crippen LogP contribution < -0.4 is 10.2 Å². The van der Waals surface area contributed by atoms with Crippen LogP contribution in [0.2, 0.25) is 0 Å². The number of hydrogen-bond acceptors (Lipinski definition) is 8. The van der Waals surface area contributed by atoms with Gasteiger partial charge in [-0.3, -0.25) is 9.59 Å². The highest BCUT2D eigenvalue weighted by atomic mass is 16.4. The van der Waals surface area contributed by atoms with Crippen LogP contribution in [0.1, 0.15) is 26.2 Å². The van der Waals surface area contributed by atoms with Crippen LogP contribution in [0.4, 0.5) is 0 Å². The van der Waals surface area contributed by atoms with Gasteiger partial charge in [-0.2, -0.15) is 0 Å². The van der Waals surface area contributed by atoms with E-state index in [1.54, 1.807) is 42.3 Å². The molecule has 0 aliphatic rings. The molecule has 0 saturated carbocycles. The summed E-state index contributed by atoms with van der Waals surface area (Å²) in [6.07, 6.45) is -3.81. The van der Waals surface area contributed by atoms with Crippen molar-refractivity contribution in [1.82, 2.24) is 0 Å². The third-order valence-corrected chi connectivity index (χ3v) is 4.94. The van der Waals surface area contributed by atoms with Gasteiger partial charge in [-0.15, -0.1) is 0 Å². The number of ketones is 2. The molecule has 10 nitrogen and oxygen atoms in total. The van der Waals surface area contributed by atoms with E-state index in [-0.39, 0.29) is 41.3 Å². The molecule has 10 heteroatoms. The van der Waals surface area contributed by atoms with Crippen LogP contribution in [0.15, 0.2) is 0 Å². The Hall–Kier alpha value is -1.88. The minimum Gasteiger partial charge on any atom is -0.549 e. The van der Waals surface area contributed by atoms with Crippen LogP contribution in [0.5, 0.6) is 0 Å². The Morgan fingerprint density at radius 3 is 1.70 bits per heavy atom. The van der Waals surface area contributed by atoms with Crippen molar-refractivity contribution in [2.24, 2.45) is 11.3 Å². The molecule has 0 radical (unpaired) electrons. The maximum absolute atomic E-state index is 12.6. The van der Waals surface area contributed by atoms with Gasteiger partial charge in [0.05, 0.1) is 65.6 Å². The fourth-order valence-electron chi connectivity index (χ4n) is 3.15. The number of rotatable bonds is 14. The van der Waals surface area contributed by atoms with Crippen molar-refractivity contribution in [1.29, 1.82) is 0 Å². The first-order valence-corrected chi connectivity index (χ1v) is 9.78. The van der Waals surface area contributed by atoms with Crippen molar-refractivity contribution in [3.05, 3.63) is 0 Å². The third kappa shape index (κ3) is 8.47. The summed E-state index contributed by atoms with van der Waals surface area (Å²) < 4.78 is 0.443. The lowest BCUT2D eigenvalue weighted by Crippen LogP contribution is -2.58. The van der Waals surface area contributed by atoms with Crippen molar-refractivity contribution in [2.75, 3.05) is 55.4 Å². The Morgan fingerprint density at radius 2 is 1.33 bits per heavy atom. The fraction of sp³-hybridized carbons (Fsp3) is 0.800. The van der Waals surface area contributed by atoms with Crippen LogP contribution in [-0.2, 0) is 19.2 Å².